The summed E-state index contributed by atoms with van der Waals surface area (Å²) in [5.74, 6) is -18.7. The third kappa shape index (κ3) is 1.52. The maximum absolute atomic E-state index is 13.4. The Balaban J connectivity index is 3.01. The van der Waals surface area contributed by atoms with Crippen molar-refractivity contribution in [3.05, 3.63) is 45.8 Å². The first-order valence-electron chi connectivity index (χ1n) is 4.78. The number of hydrogen-bond acceptors (Lipinski definition) is 1. The Labute approximate surface area is 101 Å². The van der Waals surface area contributed by atoms with Crippen LogP contribution >= 0.6 is 0 Å². The Morgan fingerprint density at radius 1 is 0.895 bits per heavy atom. The van der Waals surface area contributed by atoms with E-state index in [0.29, 0.717) is 6.92 Å². The van der Waals surface area contributed by atoms with E-state index in [2.05, 4.69) is 0 Å². The molecule has 1 aliphatic rings. The number of allylic oxidation sites excluding steroid dienone is 2. The lowest BCUT2D eigenvalue weighted by atomic mass is 9.87. The van der Waals surface area contributed by atoms with Gasteiger partial charge in [0.05, 0.1) is 5.56 Å². The molecule has 0 fully saturated rings. The lowest BCUT2D eigenvalue weighted by molar-refractivity contribution is 0.00147. The average Bonchev–Trinajstić information content (AvgIpc) is 2.35. The Kier molecular flexibility index (Phi) is 2.72. The van der Waals surface area contributed by atoms with Crippen LogP contribution in [0.5, 0.6) is 0 Å². The van der Waals surface area contributed by atoms with Crippen LogP contribution in [-0.4, -0.2) is 5.78 Å². The predicted octanol–water partition coefficient (Wildman–Crippen LogP) is 3.85. The fourth-order valence-electron chi connectivity index (χ4n) is 1.81. The normalized spacial score (nSPS) is 17.8. The zero-order chi connectivity index (χ0) is 14.7. The number of ketones is 1. The lowest BCUT2D eigenvalue weighted by Gasteiger charge is -2.24. The van der Waals surface area contributed by atoms with E-state index >= 15 is 0 Å². The quantitative estimate of drug-likeness (QED) is 0.522. The van der Waals surface area contributed by atoms with Gasteiger partial charge in [0.1, 0.15) is 0 Å². The summed E-state index contributed by atoms with van der Waals surface area (Å²) >= 11 is 0. The first-order chi connectivity index (χ1) is 8.62. The molecule has 0 unspecified atom stereocenters. The van der Waals surface area contributed by atoms with Crippen molar-refractivity contribution in [3.8, 4) is 0 Å². The van der Waals surface area contributed by atoms with E-state index in [9.17, 15) is 35.5 Å². The Bertz CT molecular complexity index is 645. The molecule has 1 nitrogen and oxygen atoms in total. The summed E-state index contributed by atoms with van der Waals surface area (Å²) < 4.78 is 92.4. The van der Waals surface area contributed by atoms with Gasteiger partial charge < -0.3 is 0 Å². The minimum Gasteiger partial charge on any atom is -0.286 e. The molecule has 0 bridgehead atoms. The summed E-state index contributed by atoms with van der Waals surface area (Å²) in [4.78, 5) is 11.3. The van der Waals surface area contributed by atoms with Crippen molar-refractivity contribution in [2.45, 2.75) is 12.8 Å². The van der Waals surface area contributed by atoms with Gasteiger partial charge >= 0.3 is 5.92 Å². The topological polar surface area (TPSA) is 17.1 Å². The van der Waals surface area contributed by atoms with E-state index < -0.39 is 57.5 Å². The Morgan fingerprint density at radius 2 is 1.42 bits per heavy atom. The van der Waals surface area contributed by atoms with E-state index in [1.807, 2.05) is 0 Å². The minimum atomic E-state index is -4.88. The zero-order valence-electron chi connectivity index (χ0n) is 9.05. The van der Waals surface area contributed by atoms with Gasteiger partial charge in [0.15, 0.2) is 17.5 Å². The smallest absolute Gasteiger partial charge is 0.286 e. The van der Waals surface area contributed by atoms with Gasteiger partial charge in [0.2, 0.25) is 17.4 Å². The maximum atomic E-state index is 13.4. The standard InChI is InChI=1S/C11H3F7O/c1-2-3-4(6(13)7(14)5(2)12)11(17,18)10(16)8(15)9(3)19/h1H3. The molecular formula is C11H3F7O. The number of benzene rings is 1. The van der Waals surface area contributed by atoms with Crippen LogP contribution in [0.25, 0.3) is 0 Å². The molecule has 19 heavy (non-hydrogen) atoms. The first kappa shape index (κ1) is 13.6. The van der Waals surface area contributed by atoms with Gasteiger partial charge in [-0.15, -0.1) is 0 Å². The van der Waals surface area contributed by atoms with E-state index in [1.165, 1.54) is 0 Å². The molecule has 0 amide bonds. The van der Waals surface area contributed by atoms with Crippen molar-refractivity contribution in [2.75, 3.05) is 0 Å². The van der Waals surface area contributed by atoms with Crippen molar-refractivity contribution in [1.29, 1.82) is 0 Å². The monoisotopic (exact) mass is 284 g/mol. The number of alkyl halides is 2. The molecule has 0 saturated heterocycles. The average molecular weight is 284 g/mol. The molecule has 1 aromatic rings. The molecule has 0 saturated carbocycles. The van der Waals surface area contributed by atoms with Crippen molar-refractivity contribution in [1.82, 2.24) is 0 Å². The molecule has 0 N–H and O–H groups in total. The number of rotatable bonds is 0. The largest absolute Gasteiger partial charge is 0.330 e. The predicted molar refractivity (Wildman–Crippen MR) is 48.5 cm³/mol. The van der Waals surface area contributed by atoms with Gasteiger partial charge in [-0.1, -0.05) is 0 Å². The minimum absolute atomic E-state index is 0.682. The second-order valence-corrected chi connectivity index (χ2v) is 3.85. The molecule has 2 rings (SSSR count). The van der Waals surface area contributed by atoms with Crippen LogP contribution in [0.15, 0.2) is 11.7 Å². The maximum Gasteiger partial charge on any atom is 0.330 e. The fraction of sp³-hybridized carbons (Fsp3) is 0.182. The van der Waals surface area contributed by atoms with Crippen molar-refractivity contribution in [3.63, 3.8) is 0 Å². The molecule has 0 atom stereocenters. The zero-order valence-corrected chi connectivity index (χ0v) is 9.05. The molecular weight excluding hydrogens is 281 g/mol. The van der Waals surface area contributed by atoms with Crippen molar-refractivity contribution in [2.24, 2.45) is 0 Å². The summed E-state index contributed by atoms with van der Waals surface area (Å²) in [6, 6.07) is 0. The van der Waals surface area contributed by atoms with Crippen LogP contribution in [0, 0.1) is 24.4 Å². The van der Waals surface area contributed by atoms with Gasteiger partial charge in [-0.05, 0) is 12.5 Å². The van der Waals surface area contributed by atoms with E-state index in [1.54, 1.807) is 0 Å². The highest BCUT2D eigenvalue weighted by atomic mass is 19.3. The number of fused-ring (bicyclic) bond motifs is 1. The van der Waals surface area contributed by atoms with Crippen LogP contribution in [0.1, 0.15) is 21.5 Å². The molecule has 0 aromatic heterocycles. The van der Waals surface area contributed by atoms with Gasteiger partial charge in [-0.25, -0.2) is 17.6 Å². The summed E-state index contributed by atoms with van der Waals surface area (Å²) in [5.41, 5.74) is -4.41. The first-order valence-corrected chi connectivity index (χ1v) is 4.78. The van der Waals surface area contributed by atoms with Gasteiger partial charge in [0.25, 0.3) is 0 Å². The fourth-order valence-corrected chi connectivity index (χ4v) is 1.81. The second kappa shape index (κ2) is 3.82. The van der Waals surface area contributed by atoms with Gasteiger partial charge in [-0.3, -0.25) is 4.79 Å². The highest BCUT2D eigenvalue weighted by molar-refractivity contribution is 6.11. The highest BCUT2D eigenvalue weighted by Crippen LogP contribution is 2.47. The molecule has 1 aliphatic carbocycles. The summed E-state index contributed by atoms with van der Waals surface area (Å²) in [7, 11) is 0. The van der Waals surface area contributed by atoms with Crippen LogP contribution < -0.4 is 0 Å². The Hall–Kier alpha value is -1.86. The summed E-state index contributed by atoms with van der Waals surface area (Å²) in [6.07, 6.45) is 0. The molecule has 0 aliphatic heterocycles. The molecule has 8 heteroatoms. The van der Waals surface area contributed by atoms with Crippen LogP contribution in [0.3, 0.4) is 0 Å². The number of carbonyl (C=O) groups excluding carboxylic acids is 1. The molecule has 0 spiro atoms. The summed E-state index contributed by atoms with van der Waals surface area (Å²) in [5, 5.41) is 0. The molecule has 0 heterocycles. The van der Waals surface area contributed by atoms with Gasteiger partial charge in [-0.2, -0.15) is 13.2 Å². The van der Waals surface area contributed by atoms with E-state index in [0.717, 1.165) is 0 Å². The van der Waals surface area contributed by atoms with Gasteiger partial charge in [0, 0.05) is 5.56 Å². The number of hydrogen-bond donors (Lipinski definition) is 0. The third-order valence-corrected chi connectivity index (χ3v) is 2.77. The highest BCUT2D eigenvalue weighted by Gasteiger charge is 2.52. The van der Waals surface area contributed by atoms with Crippen molar-refractivity contribution >= 4 is 5.78 Å². The number of halogens is 7. The lowest BCUT2D eigenvalue weighted by Crippen LogP contribution is -2.30. The second-order valence-electron chi connectivity index (χ2n) is 3.85. The molecule has 1 aromatic carbocycles. The number of Topliss-reactive ketones (excluding diaryl/α,β-unsaturated/α-hetero) is 1. The Morgan fingerprint density at radius 3 is 1.95 bits per heavy atom. The van der Waals surface area contributed by atoms with E-state index in [-0.39, 0.29) is 0 Å². The SMILES string of the molecule is Cc1c(F)c(F)c(F)c2c1C(=O)C(F)=C(F)C2(F)F. The van der Waals surface area contributed by atoms with Crippen LogP contribution in [0.2, 0.25) is 0 Å². The summed E-state index contributed by atoms with van der Waals surface area (Å²) in [6.45, 7) is 0.682. The third-order valence-electron chi connectivity index (χ3n) is 2.77. The molecule has 102 valence electrons. The molecule has 0 radical (unpaired) electrons. The van der Waals surface area contributed by atoms with Crippen LogP contribution in [-0.2, 0) is 5.92 Å². The number of carbonyl (C=O) groups is 1. The van der Waals surface area contributed by atoms with Crippen molar-refractivity contribution < 1.29 is 35.5 Å². The van der Waals surface area contributed by atoms with Crippen LogP contribution in [0.4, 0.5) is 30.7 Å². The van der Waals surface area contributed by atoms with E-state index in [4.69, 9.17) is 0 Å².